The lowest BCUT2D eigenvalue weighted by atomic mass is 10.2. The fraction of sp³-hybridized carbons (Fsp3) is 0.273. The van der Waals surface area contributed by atoms with Crippen molar-refractivity contribution in [2.45, 2.75) is 6.42 Å². The molecule has 2 aromatic rings. The van der Waals surface area contributed by atoms with Crippen molar-refractivity contribution in [2.75, 3.05) is 13.7 Å². The average Bonchev–Trinajstić information content (AvgIpc) is 2.78. The zero-order valence-electron chi connectivity index (χ0n) is 9.18. The minimum atomic E-state index is -0.477. The Hall–Kier alpha value is -1.95. The number of benzene rings is 1. The third-order valence-electron chi connectivity index (χ3n) is 2.19. The van der Waals surface area contributed by atoms with Crippen molar-refractivity contribution in [3.8, 4) is 17.2 Å². The molecule has 0 aliphatic carbocycles. The van der Waals surface area contributed by atoms with E-state index in [9.17, 15) is 9.50 Å². The van der Waals surface area contributed by atoms with Crippen LogP contribution in [0.4, 0.5) is 4.39 Å². The van der Waals surface area contributed by atoms with Gasteiger partial charge in [-0.15, -0.1) is 0 Å². The lowest BCUT2D eigenvalue weighted by Crippen LogP contribution is -1.96. The molecule has 0 bridgehead atoms. The van der Waals surface area contributed by atoms with E-state index in [1.54, 1.807) is 7.11 Å². The molecule has 0 radical (unpaired) electrons. The van der Waals surface area contributed by atoms with Crippen molar-refractivity contribution in [1.82, 2.24) is 10.1 Å². The number of ether oxygens (including phenoxy) is 1. The second-order valence-corrected chi connectivity index (χ2v) is 3.42. The minimum absolute atomic E-state index is 0.0908. The molecule has 0 saturated heterocycles. The van der Waals surface area contributed by atoms with Crippen molar-refractivity contribution in [2.24, 2.45) is 0 Å². The first-order chi connectivity index (χ1) is 8.20. The van der Waals surface area contributed by atoms with Crippen LogP contribution < -0.4 is 0 Å². The van der Waals surface area contributed by atoms with Crippen LogP contribution in [0.2, 0.25) is 0 Å². The second-order valence-electron chi connectivity index (χ2n) is 3.42. The number of nitrogens with zero attached hydrogens (tertiary/aromatic N) is 2. The molecule has 6 heteroatoms. The fourth-order valence-electron chi connectivity index (χ4n) is 1.34. The number of hydrogen-bond donors (Lipinski definition) is 1. The van der Waals surface area contributed by atoms with Crippen LogP contribution in [0.3, 0.4) is 0 Å². The molecular weight excluding hydrogens is 227 g/mol. The highest BCUT2D eigenvalue weighted by Gasteiger charge is 2.13. The van der Waals surface area contributed by atoms with Gasteiger partial charge in [-0.3, -0.25) is 0 Å². The maximum absolute atomic E-state index is 13.0. The van der Waals surface area contributed by atoms with Gasteiger partial charge in [0.25, 0.3) is 5.89 Å². The maximum Gasteiger partial charge on any atom is 0.261 e. The van der Waals surface area contributed by atoms with Gasteiger partial charge in [0.15, 0.2) is 5.82 Å². The first kappa shape index (κ1) is 11.5. The number of aromatic hydroxyl groups is 1. The van der Waals surface area contributed by atoms with E-state index in [4.69, 9.17) is 9.26 Å². The lowest BCUT2D eigenvalue weighted by molar-refractivity contribution is 0.199. The molecule has 1 aromatic carbocycles. The molecule has 0 amide bonds. The average molecular weight is 238 g/mol. The normalized spacial score (nSPS) is 10.7. The summed E-state index contributed by atoms with van der Waals surface area (Å²) in [5, 5.41) is 13.3. The Bertz CT molecular complexity index is 513. The molecular formula is C11H11FN2O3. The van der Waals surface area contributed by atoms with Gasteiger partial charge in [0, 0.05) is 13.5 Å². The topological polar surface area (TPSA) is 68.4 Å². The van der Waals surface area contributed by atoms with Gasteiger partial charge < -0.3 is 14.4 Å². The molecule has 1 N–H and O–H groups in total. The van der Waals surface area contributed by atoms with Crippen LogP contribution >= 0.6 is 0 Å². The Morgan fingerprint density at radius 2 is 2.29 bits per heavy atom. The van der Waals surface area contributed by atoms with E-state index >= 15 is 0 Å². The number of phenolic OH excluding ortho intramolecular Hbond substituents is 1. The second kappa shape index (κ2) is 4.92. The SMILES string of the molecule is COCCc1noc(-c2cc(F)ccc2O)n1. The van der Waals surface area contributed by atoms with E-state index in [1.165, 1.54) is 6.07 Å². The molecule has 0 spiro atoms. The molecule has 0 unspecified atom stereocenters. The minimum Gasteiger partial charge on any atom is -0.507 e. The van der Waals surface area contributed by atoms with Gasteiger partial charge >= 0.3 is 0 Å². The molecule has 5 nitrogen and oxygen atoms in total. The number of methoxy groups -OCH3 is 1. The molecule has 0 aliphatic rings. The Morgan fingerprint density at radius 1 is 1.47 bits per heavy atom. The van der Waals surface area contributed by atoms with Crippen LogP contribution in [0, 0.1) is 5.82 Å². The third kappa shape index (κ3) is 2.59. The van der Waals surface area contributed by atoms with E-state index < -0.39 is 5.82 Å². The van der Waals surface area contributed by atoms with Crippen LogP contribution in [-0.4, -0.2) is 29.0 Å². The number of aromatic nitrogens is 2. The largest absolute Gasteiger partial charge is 0.507 e. The van der Waals surface area contributed by atoms with Gasteiger partial charge in [0.1, 0.15) is 11.6 Å². The Labute approximate surface area is 96.8 Å². The van der Waals surface area contributed by atoms with Crippen LogP contribution in [-0.2, 0) is 11.2 Å². The monoisotopic (exact) mass is 238 g/mol. The van der Waals surface area contributed by atoms with E-state index in [2.05, 4.69) is 10.1 Å². The van der Waals surface area contributed by atoms with Gasteiger partial charge in [-0.2, -0.15) is 4.98 Å². The molecule has 0 atom stereocenters. The van der Waals surface area contributed by atoms with E-state index in [0.29, 0.717) is 18.9 Å². The summed E-state index contributed by atoms with van der Waals surface area (Å²) < 4.78 is 22.8. The number of phenols is 1. The molecule has 1 heterocycles. The van der Waals surface area contributed by atoms with E-state index in [0.717, 1.165) is 12.1 Å². The molecule has 1 aromatic heterocycles. The predicted octanol–water partition coefficient (Wildman–Crippen LogP) is 1.77. The predicted molar refractivity (Wildman–Crippen MR) is 56.9 cm³/mol. The zero-order valence-corrected chi connectivity index (χ0v) is 9.18. The summed E-state index contributed by atoms with van der Waals surface area (Å²) in [6, 6.07) is 3.54. The fourth-order valence-corrected chi connectivity index (χ4v) is 1.34. The summed E-state index contributed by atoms with van der Waals surface area (Å²) >= 11 is 0. The van der Waals surface area contributed by atoms with Crippen molar-refractivity contribution in [3.05, 3.63) is 29.8 Å². The lowest BCUT2D eigenvalue weighted by Gasteiger charge is -1.98. The highest BCUT2D eigenvalue weighted by Crippen LogP contribution is 2.28. The smallest absolute Gasteiger partial charge is 0.261 e. The summed E-state index contributed by atoms with van der Waals surface area (Å²) in [5.41, 5.74) is 0.182. The highest BCUT2D eigenvalue weighted by molar-refractivity contribution is 5.61. The van der Waals surface area contributed by atoms with Gasteiger partial charge in [0.05, 0.1) is 12.2 Å². The first-order valence-corrected chi connectivity index (χ1v) is 5.01. The van der Waals surface area contributed by atoms with E-state index in [-0.39, 0.29) is 17.2 Å². The van der Waals surface area contributed by atoms with Gasteiger partial charge in [-0.25, -0.2) is 4.39 Å². The molecule has 90 valence electrons. The van der Waals surface area contributed by atoms with Crippen molar-refractivity contribution >= 4 is 0 Å². The number of hydrogen-bond acceptors (Lipinski definition) is 5. The zero-order chi connectivity index (χ0) is 12.3. The van der Waals surface area contributed by atoms with Crippen molar-refractivity contribution in [1.29, 1.82) is 0 Å². The summed E-state index contributed by atoms with van der Waals surface area (Å²) in [5.74, 6) is -0.0404. The van der Waals surface area contributed by atoms with Crippen LogP contribution in [0.1, 0.15) is 5.82 Å². The Balaban J connectivity index is 2.27. The standard InChI is InChI=1S/C11H11FN2O3/c1-16-5-4-10-13-11(17-14-10)8-6-7(12)2-3-9(8)15/h2-3,6,15H,4-5H2,1H3. The Morgan fingerprint density at radius 3 is 3.06 bits per heavy atom. The molecule has 0 aliphatic heterocycles. The molecule has 2 rings (SSSR count). The number of rotatable bonds is 4. The summed E-state index contributed by atoms with van der Waals surface area (Å²) in [6.45, 7) is 0.466. The van der Waals surface area contributed by atoms with Gasteiger partial charge in [-0.05, 0) is 18.2 Å². The molecule has 17 heavy (non-hydrogen) atoms. The van der Waals surface area contributed by atoms with Crippen molar-refractivity contribution < 1.29 is 18.8 Å². The summed E-state index contributed by atoms with van der Waals surface area (Å²) in [6.07, 6.45) is 0.496. The molecule has 0 fully saturated rings. The van der Waals surface area contributed by atoms with Gasteiger partial charge in [-0.1, -0.05) is 5.16 Å². The van der Waals surface area contributed by atoms with E-state index in [1.807, 2.05) is 0 Å². The third-order valence-corrected chi connectivity index (χ3v) is 2.19. The highest BCUT2D eigenvalue weighted by atomic mass is 19.1. The molecule has 0 saturated carbocycles. The van der Waals surface area contributed by atoms with Crippen molar-refractivity contribution in [3.63, 3.8) is 0 Å². The van der Waals surface area contributed by atoms with Crippen LogP contribution in [0.15, 0.2) is 22.7 Å². The maximum atomic E-state index is 13.0. The Kier molecular flexibility index (Phi) is 3.34. The van der Waals surface area contributed by atoms with Crippen LogP contribution in [0.5, 0.6) is 5.75 Å². The summed E-state index contributed by atoms with van der Waals surface area (Å²) in [7, 11) is 1.57. The quantitative estimate of drug-likeness (QED) is 0.879. The summed E-state index contributed by atoms with van der Waals surface area (Å²) in [4.78, 5) is 4.04. The van der Waals surface area contributed by atoms with Gasteiger partial charge in [0.2, 0.25) is 0 Å². The van der Waals surface area contributed by atoms with Crippen LogP contribution in [0.25, 0.3) is 11.5 Å². The first-order valence-electron chi connectivity index (χ1n) is 5.01. The number of halogens is 1.